The lowest BCUT2D eigenvalue weighted by molar-refractivity contribution is -0.121. The third-order valence-electron chi connectivity index (χ3n) is 6.97. The zero-order chi connectivity index (χ0) is 23.4. The van der Waals surface area contributed by atoms with Gasteiger partial charge in [0.25, 0.3) is 0 Å². The predicted octanol–water partition coefficient (Wildman–Crippen LogP) is 5.80. The fourth-order valence-electron chi connectivity index (χ4n) is 5.06. The second kappa shape index (κ2) is 13.0. The van der Waals surface area contributed by atoms with E-state index in [1.54, 1.807) is 6.20 Å². The van der Waals surface area contributed by atoms with Crippen molar-refractivity contribution in [1.82, 2.24) is 15.2 Å². The molecule has 0 atom stereocenters. The first-order valence-electron chi connectivity index (χ1n) is 12.8. The molecule has 3 aromatic rings. The lowest BCUT2D eigenvalue weighted by atomic mass is 9.88. The number of hydrogen-bond donors (Lipinski definition) is 1. The molecule has 1 N–H and O–H groups in total. The summed E-state index contributed by atoms with van der Waals surface area (Å²) in [6, 6.07) is 26.1. The van der Waals surface area contributed by atoms with Crippen molar-refractivity contribution in [2.24, 2.45) is 5.92 Å². The van der Waals surface area contributed by atoms with Gasteiger partial charge in [0.15, 0.2) is 0 Å². The summed E-state index contributed by atoms with van der Waals surface area (Å²) in [7, 11) is 0. The van der Waals surface area contributed by atoms with Crippen molar-refractivity contribution >= 4 is 5.91 Å². The number of piperidine rings is 1. The lowest BCUT2D eigenvalue weighted by Crippen LogP contribution is -2.37. The molecule has 2 heterocycles. The molecule has 4 nitrogen and oxygen atoms in total. The molecule has 0 spiro atoms. The van der Waals surface area contributed by atoms with Crippen molar-refractivity contribution in [3.8, 4) is 0 Å². The summed E-state index contributed by atoms with van der Waals surface area (Å²) in [5.41, 5.74) is 3.88. The molecule has 0 saturated carbocycles. The van der Waals surface area contributed by atoms with Crippen LogP contribution in [-0.4, -0.2) is 35.4 Å². The minimum atomic E-state index is 0.144. The number of rotatable bonds is 11. The van der Waals surface area contributed by atoms with Crippen molar-refractivity contribution in [3.05, 3.63) is 102 Å². The lowest BCUT2D eigenvalue weighted by Gasteiger charge is -2.38. The topological polar surface area (TPSA) is 45.2 Å². The fraction of sp³-hybridized carbons (Fsp3) is 0.400. The predicted molar refractivity (Wildman–Crippen MR) is 138 cm³/mol. The quantitative estimate of drug-likeness (QED) is 0.372. The smallest absolute Gasteiger partial charge is 0.220 e. The Morgan fingerprint density at radius 3 is 2.21 bits per heavy atom. The molecule has 0 aliphatic carbocycles. The molecule has 4 heteroatoms. The number of likely N-dealkylation sites (tertiary alicyclic amines) is 1. The normalized spacial score (nSPS) is 14.9. The van der Waals surface area contributed by atoms with Crippen LogP contribution in [0.4, 0.5) is 0 Å². The van der Waals surface area contributed by atoms with Gasteiger partial charge in [-0.3, -0.25) is 14.7 Å². The van der Waals surface area contributed by atoms with Gasteiger partial charge in [-0.15, -0.1) is 0 Å². The van der Waals surface area contributed by atoms with Crippen LogP contribution in [0.2, 0.25) is 0 Å². The van der Waals surface area contributed by atoms with Gasteiger partial charge in [0.1, 0.15) is 0 Å². The van der Waals surface area contributed by atoms with E-state index in [2.05, 4.69) is 75.9 Å². The van der Waals surface area contributed by atoms with Crippen LogP contribution in [0.15, 0.2) is 85.2 Å². The van der Waals surface area contributed by atoms with E-state index in [4.69, 9.17) is 0 Å². The summed E-state index contributed by atoms with van der Waals surface area (Å²) in [4.78, 5) is 18.8. The maximum absolute atomic E-state index is 12.1. The molecule has 0 unspecified atom stereocenters. The third kappa shape index (κ3) is 7.26. The number of aromatic nitrogens is 1. The number of unbranched alkanes of at least 4 members (excludes halogenated alkanes) is 1. The number of nitrogens with zero attached hydrogens (tertiary/aromatic N) is 2. The summed E-state index contributed by atoms with van der Waals surface area (Å²) < 4.78 is 0. The zero-order valence-corrected chi connectivity index (χ0v) is 20.1. The maximum atomic E-state index is 12.1. The maximum Gasteiger partial charge on any atom is 0.220 e. The number of pyridine rings is 1. The Kier molecular flexibility index (Phi) is 9.27. The van der Waals surface area contributed by atoms with Crippen molar-refractivity contribution in [3.63, 3.8) is 0 Å². The summed E-state index contributed by atoms with van der Waals surface area (Å²) >= 11 is 0. The van der Waals surface area contributed by atoms with Crippen LogP contribution in [0.1, 0.15) is 61.3 Å². The Hall–Kier alpha value is -2.98. The number of benzene rings is 2. The van der Waals surface area contributed by atoms with Gasteiger partial charge < -0.3 is 5.32 Å². The van der Waals surface area contributed by atoms with Crippen molar-refractivity contribution in [2.45, 2.75) is 51.0 Å². The average molecular weight is 456 g/mol. The average Bonchev–Trinajstić information content (AvgIpc) is 2.90. The monoisotopic (exact) mass is 455 g/mol. The van der Waals surface area contributed by atoms with Crippen LogP contribution in [0.5, 0.6) is 0 Å². The Morgan fingerprint density at radius 1 is 0.912 bits per heavy atom. The van der Waals surface area contributed by atoms with Crippen molar-refractivity contribution in [2.75, 3.05) is 19.6 Å². The van der Waals surface area contributed by atoms with E-state index in [1.165, 1.54) is 36.8 Å². The van der Waals surface area contributed by atoms with Gasteiger partial charge in [0.2, 0.25) is 5.91 Å². The number of carbonyl (C=O) groups is 1. The van der Waals surface area contributed by atoms with E-state index in [9.17, 15) is 4.79 Å². The Balaban J connectivity index is 1.16. The Labute approximate surface area is 204 Å². The molecule has 1 aliphatic heterocycles. The van der Waals surface area contributed by atoms with Gasteiger partial charge in [0, 0.05) is 25.4 Å². The van der Waals surface area contributed by atoms with Gasteiger partial charge in [-0.25, -0.2) is 0 Å². The van der Waals surface area contributed by atoms with Crippen LogP contribution in [0.3, 0.4) is 0 Å². The van der Waals surface area contributed by atoms with Crippen LogP contribution in [0.25, 0.3) is 0 Å². The van der Waals surface area contributed by atoms with E-state index in [1.807, 2.05) is 18.3 Å². The van der Waals surface area contributed by atoms with E-state index >= 15 is 0 Å². The van der Waals surface area contributed by atoms with Crippen molar-refractivity contribution in [1.29, 1.82) is 0 Å². The van der Waals surface area contributed by atoms with E-state index < -0.39 is 0 Å². The summed E-state index contributed by atoms with van der Waals surface area (Å²) in [6.07, 6.45) is 10.9. The van der Waals surface area contributed by atoms with Gasteiger partial charge in [-0.2, -0.15) is 0 Å². The molecule has 1 amide bonds. The number of amides is 1. The van der Waals surface area contributed by atoms with Crippen LogP contribution >= 0.6 is 0 Å². The first-order valence-corrected chi connectivity index (χ1v) is 12.8. The first-order chi connectivity index (χ1) is 16.8. The molecular weight excluding hydrogens is 418 g/mol. The first kappa shape index (κ1) is 24.2. The third-order valence-corrected chi connectivity index (χ3v) is 6.97. The summed E-state index contributed by atoms with van der Waals surface area (Å²) in [5.74, 6) is 0.940. The van der Waals surface area contributed by atoms with Gasteiger partial charge in [-0.1, -0.05) is 79.6 Å². The minimum absolute atomic E-state index is 0.144. The van der Waals surface area contributed by atoms with E-state index in [0.717, 1.165) is 44.0 Å². The molecule has 1 aromatic heterocycles. The SMILES string of the molecule is O=C(CCc1cccnc1)NCCCCC1CCN(C(c2ccccc2)c2ccccc2)CC1. The number of nitrogens with one attached hydrogen (secondary N) is 1. The van der Waals surface area contributed by atoms with Gasteiger partial charge >= 0.3 is 0 Å². The number of aryl methyl sites for hydroxylation is 1. The number of carbonyl (C=O) groups excluding carboxylic acids is 1. The molecule has 0 bridgehead atoms. The van der Waals surface area contributed by atoms with E-state index in [0.29, 0.717) is 12.5 Å². The molecule has 1 fully saturated rings. The van der Waals surface area contributed by atoms with E-state index in [-0.39, 0.29) is 5.91 Å². The minimum Gasteiger partial charge on any atom is -0.356 e. The summed E-state index contributed by atoms with van der Waals surface area (Å²) in [5, 5.41) is 3.08. The highest BCUT2D eigenvalue weighted by atomic mass is 16.1. The molecular formula is C30H37N3O. The van der Waals surface area contributed by atoms with Crippen LogP contribution in [0, 0.1) is 5.92 Å². The highest BCUT2D eigenvalue weighted by molar-refractivity contribution is 5.76. The largest absolute Gasteiger partial charge is 0.356 e. The Morgan fingerprint density at radius 2 is 1.59 bits per heavy atom. The zero-order valence-electron chi connectivity index (χ0n) is 20.1. The summed E-state index contributed by atoms with van der Waals surface area (Å²) in [6.45, 7) is 3.07. The van der Waals surface area contributed by atoms with Gasteiger partial charge in [-0.05, 0) is 67.4 Å². The van der Waals surface area contributed by atoms with Crippen LogP contribution in [-0.2, 0) is 11.2 Å². The Bertz CT molecular complexity index is 930. The molecule has 1 aliphatic rings. The fourth-order valence-corrected chi connectivity index (χ4v) is 5.06. The van der Waals surface area contributed by atoms with Gasteiger partial charge in [0.05, 0.1) is 6.04 Å². The van der Waals surface area contributed by atoms with Crippen LogP contribution < -0.4 is 5.32 Å². The number of hydrogen-bond acceptors (Lipinski definition) is 3. The highest BCUT2D eigenvalue weighted by Gasteiger charge is 2.27. The van der Waals surface area contributed by atoms with Crippen molar-refractivity contribution < 1.29 is 4.79 Å². The standard InChI is InChI=1S/C30H37N3O/c34-29(17-16-26-11-9-20-31-24-26)32-21-8-7-10-25-18-22-33(23-19-25)30(27-12-3-1-4-13-27)28-14-5-2-6-15-28/h1-6,9,11-15,20,24-25,30H,7-8,10,16-19,21-23H2,(H,32,34). The molecule has 178 valence electrons. The molecule has 2 aromatic carbocycles. The second-order valence-electron chi connectivity index (χ2n) is 9.41. The highest BCUT2D eigenvalue weighted by Crippen LogP contribution is 2.33. The molecule has 0 radical (unpaired) electrons. The molecule has 34 heavy (non-hydrogen) atoms. The second-order valence-corrected chi connectivity index (χ2v) is 9.41. The molecule has 4 rings (SSSR count). The molecule has 1 saturated heterocycles.